The van der Waals surface area contributed by atoms with Crippen LogP contribution in [0.5, 0.6) is 11.5 Å². The molecule has 0 aromatic heterocycles. The quantitative estimate of drug-likeness (QED) is 0.821. The number of nitrogens with zero attached hydrogens (tertiary/aromatic N) is 1. The maximum atomic E-state index is 12.9. The summed E-state index contributed by atoms with van der Waals surface area (Å²) in [7, 11) is 3.25. The van der Waals surface area contributed by atoms with Gasteiger partial charge in [-0.3, -0.25) is 4.79 Å². The van der Waals surface area contributed by atoms with Gasteiger partial charge in [0.2, 0.25) is 0 Å². The first-order valence-corrected chi connectivity index (χ1v) is 8.20. The fourth-order valence-corrected chi connectivity index (χ4v) is 3.22. The van der Waals surface area contributed by atoms with Crippen molar-refractivity contribution in [1.82, 2.24) is 4.90 Å². The van der Waals surface area contributed by atoms with E-state index in [1.54, 1.807) is 20.3 Å². The maximum absolute atomic E-state index is 12.9. The molecule has 0 fully saturated rings. The molecule has 0 saturated carbocycles. The second-order valence-electron chi connectivity index (χ2n) is 5.46. The first-order valence-electron chi connectivity index (χ1n) is 7.41. The number of carbonyl (C=O) groups excluding carboxylic acids is 1. The topological polar surface area (TPSA) is 38.8 Å². The van der Waals surface area contributed by atoms with Crippen molar-refractivity contribution in [3.63, 3.8) is 0 Å². The molecule has 1 heterocycles. The largest absolute Gasteiger partial charge is 0.497 e. The number of ether oxygens (including phenoxy) is 2. The molecular weight excluding hydrogens is 358 g/mol. The van der Waals surface area contributed by atoms with Gasteiger partial charge >= 0.3 is 0 Å². The lowest BCUT2D eigenvalue weighted by Gasteiger charge is -2.29. The smallest absolute Gasteiger partial charge is 0.255 e. The van der Waals surface area contributed by atoms with Crippen LogP contribution in [0.15, 0.2) is 40.9 Å². The summed E-state index contributed by atoms with van der Waals surface area (Å²) >= 11 is 3.46. The van der Waals surface area contributed by atoms with Gasteiger partial charge in [0, 0.05) is 17.6 Å². The van der Waals surface area contributed by atoms with Crippen LogP contribution in [0.2, 0.25) is 0 Å². The molecule has 0 spiro atoms. The van der Waals surface area contributed by atoms with Crippen molar-refractivity contribution >= 4 is 21.8 Å². The Labute approximate surface area is 144 Å². The lowest BCUT2D eigenvalue weighted by molar-refractivity contribution is 0.0733. The molecule has 1 aliphatic rings. The average molecular weight is 376 g/mol. The molecule has 0 unspecified atom stereocenters. The van der Waals surface area contributed by atoms with Crippen LogP contribution in [-0.4, -0.2) is 31.6 Å². The highest BCUT2D eigenvalue weighted by atomic mass is 79.9. The monoisotopic (exact) mass is 375 g/mol. The van der Waals surface area contributed by atoms with Crippen LogP contribution in [0, 0.1) is 0 Å². The maximum Gasteiger partial charge on any atom is 0.255 e. The van der Waals surface area contributed by atoms with Crippen molar-refractivity contribution in [2.24, 2.45) is 0 Å². The molecule has 5 heteroatoms. The zero-order valence-electron chi connectivity index (χ0n) is 13.1. The van der Waals surface area contributed by atoms with Gasteiger partial charge in [-0.15, -0.1) is 0 Å². The first kappa shape index (κ1) is 15.9. The van der Waals surface area contributed by atoms with Crippen LogP contribution in [-0.2, 0) is 13.0 Å². The number of methoxy groups -OCH3 is 2. The van der Waals surface area contributed by atoms with E-state index in [4.69, 9.17) is 9.47 Å². The normalized spacial score (nSPS) is 13.4. The van der Waals surface area contributed by atoms with Gasteiger partial charge in [0.05, 0.1) is 19.8 Å². The van der Waals surface area contributed by atoms with E-state index in [2.05, 4.69) is 22.0 Å². The summed E-state index contributed by atoms with van der Waals surface area (Å²) in [6, 6.07) is 11.5. The van der Waals surface area contributed by atoms with Crippen molar-refractivity contribution < 1.29 is 14.3 Å². The van der Waals surface area contributed by atoms with Gasteiger partial charge in [-0.1, -0.05) is 6.07 Å². The molecule has 4 nitrogen and oxygen atoms in total. The Kier molecular flexibility index (Phi) is 4.57. The van der Waals surface area contributed by atoms with Gasteiger partial charge in [-0.25, -0.2) is 0 Å². The number of hydrogen-bond acceptors (Lipinski definition) is 3. The molecule has 2 aromatic carbocycles. The summed E-state index contributed by atoms with van der Waals surface area (Å²) in [4.78, 5) is 14.7. The van der Waals surface area contributed by atoms with Crippen molar-refractivity contribution in [2.45, 2.75) is 13.0 Å². The zero-order chi connectivity index (χ0) is 16.4. The summed E-state index contributed by atoms with van der Waals surface area (Å²) in [5.41, 5.74) is 3.04. The molecule has 1 aliphatic heterocycles. The number of amides is 1. The highest BCUT2D eigenvalue weighted by Gasteiger charge is 2.24. The van der Waals surface area contributed by atoms with E-state index in [1.165, 1.54) is 5.56 Å². The van der Waals surface area contributed by atoms with E-state index >= 15 is 0 Å². The van der Waals surface area contributed by atoms with Gasteiger partial charge in [0.1, 0.15) is 11.5 Å². The van der Waals surface area contributed by atoms with Gasteiger partial charge in [0.25, 0.3) is 5.91 Å². The van der Waals surface area contributed by atoms with Gasteiger partial charge in [-0.2, -0.15) is 0 Å². The third-order valence-electron chi connectivity index (χ3n) is 4.12. The van der Waals surface area contributed by atoms with Crippen molar-refractivity contribution in [1.29, 1.82) is 0 Å². The van der Waals surface area contributed by atoms with E-state index in [1.807, 2.05) is 29.2 Å². The first-order chi connectivity index (χ1) is 11.1. The van der Waals surface area contributed by atoms with E-state index < -0.39 is 0 Å². The van der Waals surface area contributed by atoms with Crippen molar-refractivity contribution in [2.75, 3.05) is 20.8 Å². The third kappa shape index (κ3) is 3.20. The van der Waals surface area contributed by atoms with Crippen molar-refractivity contribution in [3.8, 4) is 11.5 Å². The molecule has 0 N–H and O–H groups in total. The molecule has 0 bridgehead atoms. The molecule has 1 amide bonds. The Balaban J connectivity index is 1.87. The summed E-state index contributed by atoms with van der Waals surface area (Å²) < 4.78 is 11.3. The summed E-state index contributed by atoms with van der Waals surface area (Å²) in [5, 5.41) is 0. The van der Waals surface area contributed by atoms with Gasteiger partial charge in [0.15, 0.2) is 0 Å². The number of rotatable bonds is 3. The second-order valence-corrected chi connectivity index (χ2v) is 6.31. The Hall–Kier alpha value is -2.01. The Bertz CT molecular complexity index is 745. The lowest BCUT2D eigenvalue weighted by Crippen LogP contribution is -2.36. The van der Waals surface area contributed by atoms with Crippen LogP contribution in [0.1, 0.15) is 21.5 Å². The highest BCUT2D eigenvalue weighted by molar-refractivity contribution is 9.10. The molecule has 23 heavy (non-hydrogen) atoms. The van der Waals surface area contributed by atoms with Crippen LogP contribution in [0.4, 0.5) is 0 Å². The number of benzene rings is 2. The van der Waals surface area contributed by atoms with Crippen LogP contribution < -0.4 is 9.47 Å². The molecule has 0 saturated heterocycles. The fourth-order valence-electron chi connectivity index (χ4n) is 2.80. The summed E-state index contributed by atoms with van der Waals surface area (Å²) in [6.45, 7) is 1.30. The summed E-state index contributed by atoms with van der Waals surface area (Å²) in [6.07, 6.45) is 0.854. The van der Waals surface area contributed by atoms with Crippen LogP contribution in [0.3, 0.4) is 0 Å². The van der Waals surface area contributed by atoms with Crippen molar-refractivity contribution in [3.05, 3.63) is 57.6 Å². The molecular formula is C18H18BrNO3. The third-order valence-corrected chi connectivity index (χ3v) is 4.81. The summed E-state index contributed by atoms with van der Waals surface area (Å²) in [5.74, 6) is 1.50. The molecule has 3 rings (SSSR count). The SMILES string of the molecule is COc1ccc2c(c1)CN(C(=O)c1cc(OC)ccc1Br)CC2. The van der Waals surface area contributed by atoms with E-state index in [0.29, 0.717) is 24.4 Å². The number of hydrogen-bond donors (Lipinski definition) is 0. The van der Waals surface area contributed by atoms with E-state index in [-0.39, 0.29) is 5.91 Å². The minimum atomic E-state index is 0.00393. The van der Waals surface area contributed by atoms with Gasteiger partial charge in [-0.05, 0) is 63.8 Å². The molecule has 0 atom stereocenters. The molecule has 2 aromatic rings. The number of fused-ring (bicyclic) bond motifs is 1. The molecule has 120 valence electrons. The van der Waals surface area contributed by atoms with Crippen LogP contribution in [0.25, 0.3) is 0 Å². The van der Waals surface area contributed by atoms with E-state index in [9.17, 15) is 4.79 Å². The predicted molar refractivity (Wildman–Crippen MR) is 92.1 cm³/mol. The zero-order valence-corrected chi connectivity index (χ0v) is 14.7. The number of halogens is 1. The minimum absolute atomic E-state index is 0.00393. The second kappa shape index (κ2) is 6.62. The average Bonchev–Trinajstić information content (AvgIpc) is 2.60. The van der Waals surface area contributed by atoms with Crippen LogP contribution >= 0.6 is 15.9 Å². The Morgan fingerprint density at radius 2 is 1.74 bits per heavy atom. The molecule has 0 radical (unpaired) electrons. The minimum Gasteiger partial charge on any atom is -0.497 e. The Morgan fingerprint density at radius 3 is 2.48 bits per heavy atom. The lowest BCUT2D eigenvalue weighted by atomic mass is 9.99. The Morgan fingerprint density at radius 1 is 1.04 bits per heavy atom. The fraction of sp³-hybridized carbons (Fsp3) is 0.278. The predicted octanol–water partition coefficient (Wildman–Crippen LogP) is 3.66. The van der Waals surface area contributed by atoms with E-state index in [0.717, 1.165) is 22.2 Å². The highest BCUT2D eigenvalue weighted by Crippen LogP contribution is 2.28. The molecule has 0 aliphatic carbocycles. The number of carbonyl (C=O) groups is 1. The van der Waals surface area contributed by atoms with Gasteiger partial charge < -0.3 is 14.4 Å². The standard InChI is InChI=1S/C18H18BrNO3/c1-22-14-4-3-12-7-8-20(11-13(12)9-14)18(21)16-10-15(23-2)5-6-17(16)19/h3-6,9-10H,7-8,11H2,1-2H3.